The number of amides is 1. The molecule has 0 bridgehead atoms. The SMILES string of the molecule is Cc1nc(Cl)cc(=O)n1C(C)C(=O)NC1CCCCC1. The van der Waals surface area contributed by atoms with Crippen LogP contribution in [0.1, 0.15) is 50.9 Å². The van der Waals surface area contributed by atoms with E-state index in [4.69, 9.17) is 11.6 Å². The molecular formula is C14H20ClN3O2. The first-order valence-corrected chi connectivity index (χ1v) is 7.43. The molecular weight excluding hydrogens is 278 g/mol. The minimum absolute atomic E-state index is 0.133. The van der Waals surface area contributed by atoms with Crippen LogP contribution >= 0.6 is 11.6 Å². The number of carbonyl (C=O) groups excluding carboxylic acids is 1. The summed E-state index contributed by atoms with van der Waals surface area (Å²) >= 11 is 5.74. The van der Waals surface area contributed by atoms with E-state index in [-0.39, 0.29) is 22.7 Å². The van der Waals surface area contributed by atoms with Crippen molar-refractivity contribution >= 4 is 17.5 Å². The zero-order valence-corrected chi connectivity index (χ0v) is 12.6. The number of halogens is 1. The maximum atomic E-state index is 12.3. The summed E-state index contributed by atoms with van der Waals surface area (Å²) in [7, 11) is 0. The Morgan fingerprint density at radius 2 is 2.10 bits per heavy atom. The summed E-state index contributed by atoms with van der Waals surface area (Å²) in [6.07, 6.45) is 5.58. The van der Waals surface area contributed by atoms with Gasteiger partial charge in [-0.15, -0.1) is 0 Å². The highest BCUT2D eigenvalue weighted by Gasteiger charge is 2.22. The van der Waals surface area contributed by atoms with E-state index in [1.165, 1.54) is 17.1 Å². The summed E-state index contributed by atoms with van der Waals surface area (Å²) in [5, 5.41) is 3.18. The van der Waals surface area contributed by atoms with Crippen molar-refractivity contribution in [2.75, 3.05) is 0 Å². The minimum atomic E-state index is -0.575. The molecule has 1 amide bonds. The molecule has 1 aromatic heterocycles. The van der Waals surface area contributed by atoms with Crippen molar-refractivity contribution in [2.24, 2.45) is 0 Å². The molecule has 5 nitrogen and oxygen atoms in total. The Hall–Kier alpha value is -1.36. The van der Waals surface area contributed by atoms with E-state index in [0.29, 0.717) is 5.82 Å². The van der Waals surface area contributed by atoms with Crippen molar-refractivity contribution in [3.8, 4) is 0 Å². The number of hydrogen-bond donors (Lipinski definition) is 1. The van der Waals surface area contributed by atoms with Crippen molar-refractivity contribution in [3.63, 3.8) is 0 Å². The number of nitrogens with zero attached hydrogens (tertiary/aromatic N) is 2. The molecule has 1 unspecified atom stereocenters. The molecule has 1 aromatic rings. The molecule has 0 radical (unpaired) electrons. The van der Waals surface area contributed by atoms with Gasteiger partial charge in [-0.25, -0.2) is 4.98 Å². The summed E-state index contributed by atoms with van der Waals surface area (Å²) in [6.45, 7) is 3.39. The van der Waals surface area contributed by atoms with Gasteiger partial charge in [0.1, 0.15) is 17.0 Å². The zero-order valence-electron chi connectivity index (χ0n) is 11.9. The fourth-order valence-corrected chi connectivity index (χ4v) is 2.94. The van der Waals surface area contributed by atoms with Gasteiger partial charge in [0.15, 0.2) is 0 Å². The van der Waals surface area contributed by atoms with Crippen LogP contribution in [0.5, 0.6) is 0 Å². The summed E-state index contributed by atoms with van der Waals surface area (Å²) < 4.78 is 1.38. The molecule has 20 heavy (non-hydrogen) atoms. The van der Waals surface area contributed by atoms with Crippen LogP contribution in [0.15, 0.2) is 10.9 Å². The third kappa shape index (κ3) is 3.39. The first-order valence-electron chi connectivity index (χ1n) is 7.05. The molecule has 0 spiro atoms. The van der Waals surface area contributed by atoms with Crippen molar-refractivity contribution in [2.45, 2.75) is 58.0 Å². The highest BCUT2D eigenvalue weighted by Crippen LogP contribution is 2.18. The van der Waals surface area contributed by atoms with Crippen LogP contribution in [0.3, 0.4) is 0 Å². The Kier molecular flexibility index (Phi) is 4.81. The Labute approximate surface area is 123 Å². The standard InChI is InChI=1S/C14H20ClN3O2/c1-9(14(20)17-11-6-4-3-5-7-11)18-10(2)16-12(15)8-13(18)19/h8-9,11H,3-7H2,1-2H3,(H,17,20). The van der Waals surface area contributed by atoms with Gasteiger partial charge in [-0.2, -0.15) is 0 Å². The second-order valence-electron chi connectivity index (χ2n) is 5.35. The predicted molar refractivity (Wildman–Crippen MR) is 78.0 cm³/mol. The Balaban J connectivity index is 2.12. The monoisotopic (exact) mass is 297 g/mol. The maximum absolute atomic E-state index is 12.3. The third-order valence-electron chi connectivity index (χ3n) is 3.82. The van der Waals surface area contributed by atoms with Gasteiger partial charge in [0, 0.05) is 12.1 Å². The van der Waals surface area contributed by atoms with E-state index in [2.05, 4.69) is 10.3 Å². The number of aromatic nitrogens is 2. The van der Waals surface area contributed by atoms with E-state index < -0.39 is 6.04 Å². The number of nitrogens with one attached hydrogen (secondary N) is 1. The van der Waals surface area contributed by atoms with E-state index in [0.717, 1.165) is 25.7 Å². The van der Waals surface area contributed by atoms with Gasteiger partial charge >= 0.3 is 0 Å². The number of carbonyl (C=O) groups is 1. The van der Waals surface area contributed by atoms with Crippen LogP contribution in [-0.4, -0.2) is 21.5 Å². The Morgan fingerprint density at radius 3 is 2.70 bits per heavy atom. The van der Waals surface area contributed by atoms with Crippen LogP contribution in [0.25, 0.3) is 0 Å². The van der Waals surface area contributed by atoms with Gasteiger partial charge in [-0.05, 0) is 26.7 Å². The number of rotatable bonds is 3. The van der Waals surface area contributed by atoms with E-state index >= 15 is 0 Å². The molecule has 6 heteroatoms. The van der Waals surface area contributed by atoms with Gasteiger partial charge in [-0.3, -0.25) is 14.2 Å². The maximum Gasteiger partial charge on any atom is 0.255 e. The van der Waals surface area contributed by atoms with Gasteiger partial charge < -0.3 is 5.32 Å². The summed E-state index contributed by atoms with van der Waals surface area (Å²) in [5.74, 6) is 0.319. The van der Waals surface area contributed by atoms with Crippen molar-refractivity contribution in [1.29, 1.82) is 0 Å². The second kappa shape index (κ2) is 6.39. The predicted octanol–water partition coefficient (Wildman–Crippen LogP) is 2.22. The van der Waals surface area contributed by atoms with Crippen LogP contribution in [0.2, 0.25) is 5.15 Å². The molecule has 0 aliphatic heterocycles. The fourth-order valence-electron chi connectivity index (χ4n) is 2.73. The lowest BCUT2D eigenvalue weighted by Crippen LogP contribution is -2.42. The first kappa shape index (κ1) is 15.0. The lowest BCUT2D eigenvalue weighted by atomic mass is 9.95. The first-order chi connectivity index (χ1) is 9.49. The number of aryl methyl sites for hydroxylation is 1. The van der Waals surface area contributed by atoms with E-state index in [1.807, 2.05) is 0 Å². The molecule has 1 saturated carbocycles. The highest BCUT2D eigenvalue weighted by molar-refractivity contribution is 6.29. The Bertz CT molecular complexity index is 550. The smallest absolute Gasteiger partial charge is 0.255 e. The molecule has 2 rings (SSSR count). The largest absolute Gasteiger partial charge is 0.352 e. The van der Waals surface area contributed by atoms with Crippen LogP contribution < -0.4 is 10.9 Å². The zero-order chi connectivity index (χ0) is 14.7. The molecule has 1 fully saturated rings. The molecule has 1 heterocycles. The minimum Gasteiger partial charge on any atom is -0.352 e. The van der Waals surface area contributed by atoms with E-state index in [9.17, 15) is 9.59 Å². The molecule has 0 saturated heterocycles. The van der Waals surface area contributed by atoms with Gasteiger partial charge in [0.05, 0.1) is 0 Å². The quantitative estimate of drug-likeness (QED) is 0.870. The molecule has 1 aliphatic carbocycles. The number of hydrogen-bond acceptors (Lipinski definition) is 3. The topological polar surface area (TPSA) is 64.0 Å². The third-order valence-corrected chi connectivity index (χ3v) is 4.01. The van der Waals surface area contributed by atoms with Gasteiger partial charge in [0.2, 0.25) is 5.91 Å². The lowest BCUT2D eigenvalue weighted by Gasteiger charge is -2.25. The van der Waals surface area contributed by atoms with E-state index in [1.54, 1.807) is 13.8 Å². The highest BCUT2D eigenvalue weighted by atomic mass is 35.5. The molecule has 110 valence electrons. The van der Waals surface area contributed by atoms with Gasteiger partial charge in [0.25, 0.3) is 5.56 Å². The van der Waals surface area contributed by atoms with Crippen molar-refractivity contribution < 1.29 is 4.79 Å². The fraction of sp³-hybridized carbons (Fsp3) is 0.643. The summed E-state index contributed by atoms with van der Waals surface area (Å²) in [6, 6.07) is 0.892. The average molecular weight is 298 g/mol. The van der Waals surface area contributed by atoms with Crippen LogP contribution in [-0.2, 0) is 4.79 Å². The molecule has 1 atom stereocenters. The van der Waals surface area contributed by atoms with Crippen LogP contribution in [0, 0.1) is 6.92 Å². The average Bonchev–Trinajstić information content (AvgIpc) is 2.38. The van der Waals surface area contributed by atoms with Crippen molar-refractivity contribution in [3.05, 3.63) is 27.4 Å². The molecule has 0 aromatic carbocycles. The van der Waals surface area contributed by atoms with Gasteiger partial charge in [-0.1, -0.05) is 30.9 Å². The lowest BCUT2D eigenvalue weighted by molar-refractivity contribution is -0.124. The van der Waals surface area contributed by atoms with Crippen LogP contribution in [0.4, 0.5) is 0 Å². The molecule has 1 N–H and O–H groups in total. The normalized spacial score (nSPS) is 17.8. The second-order valence-corrected chi connectivity index (χ2v) is 5.74. The molecule has 1 aliphatic rings. The summed E-state index contributed by atoms with van der Waals surface area (Å²) in [4.78, 5) is 28.3. The summed E-state index contributed by atoms with van der Waals surface area (Å²) in [5.41, 5.74) is -0.297. The van der Waals surface area contributed by atoms with Crippen molar-refractivity contribution in [1.82, 2.24) is 14.9 Å². The Morgan fingerprint density at radius 1 is 1.45 bits per heavy atom.